The van der Waals surface area contributed by atoms with E-state index in [-0.39, 0.29) is 28.5 Å². The lowest BCUT2D eigenvalue weighted by Gasteiger charge is -2.51. The highest BCUT2D eigenvalue weighted by atomic mass is 32.2. The second-order valence-corrected chi connectivity index (χ2v) is 32.3. The van der Waals surface area contributed by atoms with Crippen molar-refractivity contribution in [2.24, 2.45) is 0 Å². The highest BCUT2D eigenvalue weighted by Gasteiger charge is 2.51. The molecule has 1 aliphatic carbocycles. The van der Waals surface area contributed by atoms with E-state index in [1.54, 1.807) is 0 Å². The van der Waals surface area contributed by atoms with Crippen molar-refractivity contribution >= 4 is 105 Å². The summed E-state index contributed by atoms with van der Waals surface area (Å²) in [7, 11) is -2.17. The Bertz CT molecular complexity index is 3600. The molecule has 8 aromatic carbocycles. The van der Waals surface area contributed by atoms with Gasteiger partial charge in [0, 0.05) is 70.6 Å². The maximum atomic E-state index is 2.79. The first-order valence-corrected chi connectivity index (χ1v) is 31.5. The molecule has 0 fully saturated rings. The van der Waals surface area contributed by atoms with Gasteiger partial charge in [0.15, 0.2) is 0 Å². The normalized spacial score (nSPS) is 17.0. The second kappa shape index (κ2) is 16.3. The van der Waals surface area contributed by atoms with Gasteiger partial charge in [-0.1, -0.05) is 185 Å². The van der Waals surface area contributed by atoms with Crippen molar-refractivity contribution in [1.29, 1.82) is 0 Å². The number of fused-ring (bicyclic) bond motifs is 9. The van der Waals surface area contributed by atoms with Crippen LogP contribution in [-0.4, -0.2) is 14.9 Å². The number of hydrogen-bond acceptors (Lipinski definition) is 5. The van der Waals surface area contributed by atoms with Crippen molar-refractivity contribution in [3.63, 3.8) is 0 Å². The molecule has 0 atom stereocenters. The minimum Gasteiger partial charge on any atom is -0.377 e. The van der Waals surface area contributed by atoms with Gasteiger partial charge in [0.1, 0.15) is 8.07 Å². The third-order valence-electron chi connectivity index (χ3n) is 17.6. The summed E-state index contributed by atoms with van der Waals surface area (Å²) < 4.78 is 0. The zero-order chi connectivity index (χ0) is 51.6. The smallest absolute Gasteiger partial charge is 0.333 e. The summed E-state index contributed by atoms with van der Waals surface area (Å²) in [6, 6.07) is 60.0. The van der Waals surface area contributed by atoms with Crippen molar-refractivity contribution in [2.75, 3.05) is 14.6 Å². The van der Waals surface area contributed by atoms with Gasteiger partial charge in [-0.3, -0.25) is 0 Å². The van der Waals surface area contributed by atoms with Crippen LogP contribution in [0.2, 0.25) is 13.1 Å². The molecule has 0 aromatic heterocycles. The van der Waals surface area contributed by atoms with Crippen LogP contribution in [0.15, 0.2) is 171 Å². The average molecular weight is 1020 g/mol. The summed E-state index contributed by atoms with van der Waals surface area (Å²) in [6.45, 7) is 31.2. The quantitative estimate of drug-likeness (QED) is 0.162. The summed E-state index contributed by atoms with van der Waals surface area (Å²) in [4.78, 5) is 13.4. The standard InChI is InChI=1S/C67H68BN3S2Si/c1-41-35-49-50(67(10,11)34-33-66(49,8)9)38-53(41)70-54-40-59-58(72-56-21-15-16-22-57(56)73-59)39-51(54)68-62-48(47-19-18-24-61-63(47)71(68)52-20-14-17-23-60(52)74(61,12)13)36-46(37-55(62)70)69(44-29-25-42(26-30-44)64(2,3)4)45-31-27-43(28-32-45)65(5,6)7/h14-32,35-40H,33-34H2,1-13H3. The monoisotopic (exact) mass is 1020 g/mol. The zero-order valence-corrected chi connectivity index (χ0v) is 48.2. The molecule has 4 aliphatic heterocycles. The first-order chi connectivity index (χ1) is 35.1. The molecule has 0 saturated heterocycles. The van der Waals surface area contributed by atoms with E-state index in [1.165, 1.54) is 115 Å². The van der Waals surface area contributed by atoms with Crippen molar-refractivity contribution < 1.29 is 0 Å². The molecule has 0 bridgehead atoms. The van der Waals surface area contributed by atoms with E-state index in [4.69, 9.17) is 0 Å². The Morgan fingerprint density at radius 3 is 1.68 bits per heavy atom. The van der Waals surface area contributed by atoms with Gasteiger partial charge >= 0.3 is 6.85 Å². The lowest BCUT2D eigenvalue weighted by atomic mass is 9.43. The van der Waals surface area contributed by atoms with Gasteiger partial charge in [0.05, 0.1) is 0 Å². The number of para-hydroxylation sites is 2. The van der Waals surface area contributed by atoms with Gasteiger partial charge in [0.25, 0.3) is 0 Å². The third-order valence-corrected chi connectivity index (χ3v) is 23.6. The van der Waals surface area contributed by atoms with Crippen LogP contribution in [0.5, 0.6) is 0 Å². The molecule has 0 saturated carbocycles. The van der Waals surface area contributed by atoms with E-state index in [2.05, 4.69) is 256 Å². The van der Waals surface area contributed by atoms with Crippen LogP contribution in [0.4, 0.5) is 45.5 Å². The number of rotatable bonds is 4. The SMILES string of the molecule is Cc1cc2c(cc1N1c3cc4c(cc3B3c5c(cc(N(c6ccc(C(C)(C)C)cc6)c6ccc(C(C)(C)C)cc6)cc51)-c1cccc5c1N3c1ccccc1[Si]5(C)C)Sc1ccccc1S4)C(C)(C)CCC2(C)C. The molecule has 8 aromatic rings. The van der Waals surface area contributed by atoms with Gasteiger partial charge in [0.2, 0.25) is 0 Å². The van der Waals surface area contributed by atoms with Gasteiger partial charge in [-0.25, -0.2) is 0 Å². The van der Waals surface area contributed by atoms with Gasteiger partial charge in [-0.05, 0) is 169 Å². The summed E-state index contributed by atoms with van der Waals surface area (Å²) >= 11 is 3.86. The second-order valence-electron chi connectivity index (χ2n) is 25.8. The molecular weight excluding hydrogens is 950 g/mol. The predicted octanol–water partition coefficient (Wildman–Crippen LogP) is 16.9. The summed E-state index contributed by atoms with van der Waals surface area (Å²) in [5.74, 6) is 0. The molecule has 13 rings (SSSR count). The average Bonchev–Trinajstić information content (AvgIpc) is 3.36. The predicted molar refractivity (Wildman–Crippen MR) is 324 cm³/mol. The van der Waals surface area contributed by atoms with Crippen LogP contribution < -0.4 is 35.9 Å². The molecule has 4 heterocycles. The fraction of sp³-hybridized carbons (Fsp3) is 0.284. The third kappa shape index (κ3) is 7.22. The fourth-order valence-electron chi connectivity index (χ4n) is 13.1. The summed E-state index contributed by atoms with van der Waals surface area (Å²) in [5.41, 5.74) is 22.5. The molecule has 0 radical (unpaired) electrons. The molecule has 7 heteroatoms. The molecule has 0 unspecified atom stereocenters. The van der Waals surface area contributed by atoms with Crippen molar-refractivity contribution in [2.45, 2.75) is 143 Å². The Balaban J connectivity index is 1.16. The lowest BCUT2D eigenvalue weighted by Crippen LogP contribution is -2.68. The highest BCUT2D eigenvalue weighted by Crippen LogP contribution is 2.56. The number of hydrogen-bond donors (Lipinski definition) is 0. The Kier molecular flexibility index (Phi) is 10.6. The van der Waals surface area contributed by atoms with E-state index in [0.717, 1.165) is 23.5 Å². The van der Waals surface area contributed by atoms with Crippen LogP contribution >= 0.6 is 23.5 Å². The Morgan fingerprint density at radius 1 is 0.514 bits per heavy atom. The molecule has 0 N–H and O–H groups in total. The highest BCUT2D eigenvalue weighted by molar-refractivity contribution is 8.05. The van der Waals surface area contributed by atoms with Crippen LogP contribution in [0.3, 0.4) is 0 Å². The minimum absolute atomic E-state index is 0.0270. The van der Waals surface area contributed by atoms with Crippen molar-refractivity contribution in [3.05, 3.63) is 179 Å². The van der Waals surface area contributed by atoms with Gasteiger partial charge < -0.3 is 14.6 Å². The largest absolute Gasteiger partial charge is 0.377 e. The van der Waals surface area contributed by atoms with E-state index < -0.39 is 8.07 Å². The Labute approximate surface area is 450 Å². The zero-order valence-electron chi connectivity index (χ0n) is 45.6. The first-order valence-electron chi connectivity index (χ1n) is 26.9. The van der Waals surface area contributed by atoms with Crippen LogP contribution in [-0.2, 0) is 21.7 Å². The topological polar surface area (TPSA) is 9.72 Å². The Morgan fingerprint density at radius 2 is 1.07 bits per heavy atom. The van der Waals surface area contributed by atoms with Gasteiger partial charge in [-0.15, -0.1) is 0 Å². The molecular formula is C67H68BN3S2Si. The number of nitrogens with zero attached hydrogens (tertiary/aromatic N) is 3. The molecule has 0 spiro atoms. The molecule has 0 amide bonds. The van der Waals surface area contributed by atoms with E-state index >= 15 is 0 Å². The minimum atomic E-state index is -2.17. The maximum absolute atomic E-state index is 2.79. The van der Waals surface area contributed by atoms with Gasteiger partial charge in [-0.2, -0.15) is 0 Å². The maximum Gasteiger partial charge on any atom is 0.333 e. The summed E-state index contributed by atoms with van der Waals surface area (Å²) in [6.07, 6.45) is 2.34. The Hall–Kier alpha value is -5.86. The fourth-order valence-corrected chi connectivity index (χ4v) is 18.4. The molecule has 5 aliphatic rings. The van der Waals surface area contributed by atoms with Crippen LogP contribution in [0.1, 0.15) is 110 Å². The van der Waals surface area contributed by atoms with E-state index in [0.29, 0.717) is 0 Å². The molecule has 3 nitrogen and oxygen atoms in total. The number of anilines is 8. The molecule has 74 heavy (non-hydrogen) atoms. The first kappa shape index (κ1) is 47.8. The van der Waals surface area contributed by atoms with Crippen LogP contribution in [0, 0.1) is 6.92 Å². The van der Waals surface area contributed by atoms with Crippen molar-refractivity contribution in [3.8, 4) is 11.1 Å². The number of benzene rings is 8. The van der Waals surface area contributed by atoms with Crippen LogP contribution in [0.25, 0.3) is 11.1 Å². The molecule has 370 valence electrons. The van der Waals surface area contributed by atoms with E-state index in [1.807, 2.05) is 23.5 Å². The van der Waals surface area contributed by atoms with E-state index in [9.17, 15) is 0 Å². The lowest BCUT2D eigenvalue weighted by molar-refractivity contribution is 0.332. The number of aryl methyl sites for hydroxylation is 1. The van der Waals surface area contributed by atoms with Crippen molar-refractivity contribution in [1.82, 2.24) is 0 Å². The summed E-state index contributed by atoms with van der Waals surface area (Å²) in [5, 5.41) is 3.01.